The van der Waals surface area contributed by atoms with Gasteiger partial charge in [-0.05, 0) is 24.1 Å². The van der Waals surface area contributed by atoms with E-state index in [-0.39, 0.29) is 12.1 Å². The summed E-state index contributed by atoms with van der Waals surface area (Å²) in [5.41, 5.74) is 5.18. The molecule has 0 aliphatic heterocycles. The van der Waals surface area contributed by atoms with Crippen LogP contribution in [-0.4, -0.2) is 27.6 Å². The topological polar surface area (TPSA) is 108 Å². The minimum Gasteiger partial charge on any atom is -0.365 e. The van der Waals surface area contributed by atoms with Crippen LogP contribution in [-0.2, 0) is 11.2 Å². The first-order valence-corrected chi connectivity index (χ1v) is 7.94. The van der Waals surface area contributed by atoms with Gasteiger partial charge in [0.15, 0.2) is 0 Å². The molecule has 5 N–H and O–H groups in total. The van der Waals surface area contributed by atoms with Crippen molar-refractivity contribution in [1.82, 2.24) is 10.3 Å². The predicted molar refractivity (Wildman–Crippen MR) is 94.7 cm³/mol. The molecule has 3 rings (SSSR count). The van der Waals surface area contributed by atoms with Gasteiger partial charge in [-0.15, -0.1) is 0 Å². The van der Waals surface area contributed by atoms with E-state index in [1.165, 1.54) is 0 Å². The maximum atomic E-state index is 12.4. The lowest BCUT2D eigenvalue weighted by atomic mass is 10.0. The van der Waals surface area contributed by atoms with E-state index in [9.17, 15) is 14.7 Å². The second kappa shape index (κ2) is 6.78. The first-order valence-electron chi connectivity index (χ1n) is 7.94. The molecule has 2 aromatic carbocycles. The Morgan fingerprint density at radius 2 is 1.76 bits per heavy atom. The van der Waals surface area contributed by atoms with Crippen LogP contribution in [0.2, 0.25) is 0 Å². The number of carbonyl (C=O) groups excluding carboxylic acids is 2. The third-order valence-corrected chi connectivity index (χ3v) is 4.12. The van der Waals surface area contributed by atoms with Crippen molar-refractivity contribution >= 4 is 22.7 Å². The number of nitrogens with one attached hydrogen (secondary N) is 2. The summed E-state index contributed by atoms with van der Waals surface area (Å²) in [6.07, 6.45) is 0.381. The van der Waals surface area contributed by atoms with Crippen molar-refractivity contribution < 1.29 is 14.7 Å². The highest BCUT2D eigenvalue weighted by Gasteiger charge is 2.36. The lowest BCUT2D eigenvalue weighted by Gasteiger charge is -2.25. The van der Waals surface area contributed by atoms with Gasteiger partial charge in [0.2, 0.25) is 5.72 Å². The summed E-state index contributed by atoms with van der Waals surface area (Å²) in [5, 5.41) is 13.7. The van der Waals surface area contributed by atoms with E-state index < -0.39 is 17.5 Å². The Morgan fingerprint density at radius 3 is 2.44 bits per heavy atom. The monoisotopic (exact) mass is 337 g/mol. The molecule has 0 saturated heterocycles. The van der Waals surface area contributed by atoms with Gasteiger partial charge in [-0.25, -0.2) is 0 Å². The molecular formula is C19H19N3O3. The van der Waals surface area contributed by atoms with Crippen LogP contribution in [0, 0.1) is 0 Å². The van der Waals surface area contributed by atoms with Crippen molar-refractivity contribution in [1.29, 1.82) is 0 Å². The van der Waals surface area contributed by atoms with Gasteiger partial charge in [-0.2, -0.15) is 0 Å². The minimum atomic E-state index is -2.12. The summed E-state index contributed by atoms with van der Waals surface area (Å²) in [5.74, 6) is -1.58. The van der Waals surface area contributed by atoms with Crippen LogP contribution < -0.4 is 11.1 Å². The zero-order valence-electron chi connectivity index (χ0n) is 13.5. The Balaban J connectivity index is 1.75. The SMILES string of the molecule is NC(=O)[C@](O)(CCc1ccccc1)NC(=O)c1cc2ccccc2[nH]1. The Labute approximate surface area is 144 Å². The molecule has 128 valence electrons. The van der Waals surface area contributed by atoms with Crippen LogP contribution in [0.25, 0.3) is 10.9 Å². The van der Waals surface area contributed by atoms with Gasteiger partial charge < -0.3 is 21.1 Å². The van der Waals surface area contributed by atoms with E-state index in [2.05, 4.69) is 10.3 Å². The van der Waals surface area contributed by atoms with Crippen LogP contribution in [0.4, 0.5) is 0 Å². The fourth-order valence-electron chi connectivity index (χ4n) is 2.67. The van der Waals surface area contributed by atoms with E-state index in [4.69, 9.17) is 5.73 Å². The number of H-pyrrole nitrogens is 1. The molecule has 1 heterocycles. The number of hydrogen-bond acceptors (Lipinski definition) is 3. The van der Waals surface area contributed by atoms with E-state index >= 15 is 0 Å². The highest BCUT2D eigenvalue weighted by atomic mass is 16.3. The van der Waals surface area contributed by atoms with E-state index in [1.807, 2.05) is 54.6 Å². The lowest BCUT2D eigenvalue weighted by Crippen LogP contribution is -2.57. The lowest BCUT2D eigenvalue weighted by molar-refractivity contribution is -0.139. The van der Waals surface area contributed by atoms with Gasteiger partial charge in [0, 0.05) is 17.3 Å². The smallest absolute Gasteiger partial charge is 0.270 e. The number of aryl methyl sites for hydroxylation is 1. The normalized spacial score (nSPS) is 13.3. The van der Waals surface area contributed by atoms with Gasteiger partial charge in [0.25, 0.3) is 11.8 Å². The summed E-state index contributed by atoms with van der Waals surface area (Å²) < 4.78 is 0. The first kappa shape index (κ1) is 16.7. The molecule has 0 spiro atoms. The zero-order valence-corrected chi connectivity index (χ0v) is 13.5. The number of primary amides is 1. The maximum absolute atomic E-state index is 12.4. The van der Waals surface area contributed by atoms with Gasteiger partial charge in [0.05, 0.1) is 0 Å². The number of hydrogen-bond donors (Lipinski definition) is 4. The van der Waals surface area contributed by atoms with Crippen molar-refractivity contribution in [3.8, 4) is 0 Å². The number of amides is 2. The molecule has 1 aromatic heterocycles. The molecule has 0 saturated carbocycles. The number of benzene rings is 2. The number of fused-ring (bicyclic) bond motifs is 1. The van der Waals surface area contributed by atoms with Crippen molar-refractivity contribution in [2.24, 2.45) is 5.73 Å². The van der Waals surface area contributed by atoms with Gasteiger partial charge in [-0.3, -0.25) is 9.59 Å². The Hall–Kier alpha value is -3.12. The maximum Gasteiger partial charge on any atom is 0.270 e. The average molecular weight is 337 g/mol. The number of para-hydroxylation sites is 1. The summed E-state index contributed by atoms with van der Waals surface area (Å²) >= 11 is 0. The number of nitrogens with two attached hydrogens (primary N) is 1. The summed E-state index contributed by atoms with van der Waals surface area (Å²) in [6, 6.07) is 18.4. The molecule has 0 bridgehead atoms. The Bertz CT molecular complexity index is 871. The molecule has 1 atom stereocenters. The first-order chi connectivity index (χ1) is 12.0. The van der Waals surface area contributed by atoms with Crippen molar-refractivity contribution in [3.63, 3.8) is 0 Å². The van der Waals surface area contributed by atoms with Crippen LogP contribution >= 0.6 is 0 Å². The molecule has 0 radical (unpaired) electrons. The van der Waals surface area contributed by atoms with Gasteiger partial charge in [0.1, 0.15) is 5.69 Å². The van der Waals surface area contributed by atoms with Crippen LogP contribution in [0.3, 0.4) is 0 Å². The largest absolute Gasteiger partial charge is 0.365 e. The fourth-order valence-corrected chi connectivity index (χ4v) is 2.67. The Kier molecular flexibility index (Phi) is 4.54. The van der Waals surface area contributed by atoms with E-state index in [0.29, 0.717) is 6.42 Å². The molecule has 2 amide bonds. The number of aliphatic hydroxyl groups is 1. The second-order valence-corrected chi connectivity index (χ2v) is 5.93. The zero-order chi connectivity index (χ0) is 17.9. The van der Waals surface area contributed by atoms with Gasteiger partial charge >= 0.3 is 0 Å². The number of rotatable bonds is 6. The second-order valence-electron chi connectivity index (χ2n) is 5.93. The average Bonchev–Trinajstić information content (AvgIpc) is 3.05. The molecule has 6 nitrogen and oxygen atoms in total. The molecule has 25 heavy (non-hydrogen) atoms. The van der Waals surface area contributed by atoms with Crippen LogP contribution in [0.5, 0.6) is 0 Å². The Morgan fingerprint density at radius 1 is 1.08 bits per heavy atom. The number of carbonyl (C=O) groups is 2. The van der Waals surface area contributed by atoms with Crippen molar-refractivity contribution in [3.05, 3.63) is 71.9 Å². The highest BCUT2D eigenvalue weighted by Crippen LogP contribution is 2.17. The van der Waals surface area contributed by atoms with E-state index in [0.717, 1.165) is 16.5 Å². The molecule has 0 aliphatic carbocycles. The third-order valence-electron chi connectivity index (χ3n) is 4.12. The molecule has 0 fully saturated rings. The molecule has 0 aliphatic rings. The fraction of sp³-hybridized carbons (Fsp3) is 0.158. The standard InChI is InChI=1S/C19H19N3O3/c20-18(24)19(25,11-10-13-6-2-1-3-7-13)22-17(23)16-12-14-8-4-5-9-15(14)21-16/h1-9,12,21,25H,10-11H2,(H2,20,24)(H,22,23)/t19-/m1/s1. The van der Waals surface area contributed by atoms with E-state index in [1.54, 1.807) is 6.07 Å². The quantitative estimate of drug-likeness (QED) is 0.514. The minimum absolute atomic E-state index is 0.0156. The van der Waals surface area contributed by atoms with Crippen LogP contribution in [0.1, 0.15) is 22.5 Å². The summed E-state index contributed by atoms with van der Waals surface area (Å²) in [7, 11) is 0. The van der Waals surface area contributed by atoms with Crippen molar-refractivity contribution in [2.75, 3.05) is 0 Å². The van der Waals surface area contributed by atoms with Crippen LogP contribution in [0.15, 0.2) is 60.7 Å². The summed E-state index contributed by atoms with van der Waals surface area (Å²) in [4.78, 5) is 27.1. The predicted octanol–water partition coefficient (Wildman–Crippen LogP) is 1.70. The number of aromatic amines is 1. The van der Waals surface area contributed by atoms with Gasteiger partial charge in [-0.1, -0.05) is 48.5 Å². The highest BCUT2D eigenvalue weighted by molar-refractivity contribution is 6.00. The third kappa shape index (κ3) is 3.70. The molecule has 6 heteroatoms. The molecule has 0 unspecified atom stereocenters. The number of aromatic nitrogens is 1. The molecular weight excluding hydrogens is 318 g/mol. The van der Waals surface area contributed by atoms with Crippen molar-refractivity contribution in [2.45, 2.75) is 18.6 Å². The summed E-state index contributed by atoms with van der Waals surface area (Å²) in [6.45, 7) is 0. The molecule has 3 aromatic rings.